The predicted molar refractivity (Wildman–Crippen MR) is 89.6 cm³/mol. The van der Waals surface area contributed by atoms with E-state index in [0.29, 0.717) is 6.04 Å². The van der Waals surface area contributed by atoms with Gasteiger partial charge in [-0.15, -0.1) is 0 Å². The first-order valence-corrected chi connectivity index (χ1v) is 8.25. The average molecular weight is 274 g/mol. The van der Waals surface area contributed by atoms with Crippen LogP contribution in [0.4, 0.5) is 11.4 Å². The average Bonchev–Trinajstić information content (AvgIpc) is 2.46. The first-order chi connectivity index (χ1) is 9.63. The summed E-state index contributed by atoms with van der Waals surface area (Å²) in [6.07, 6.45) is 4.05. The predicted octanol–water partition coefficient (Wildman–Crippen LogP) is 4.77. The second kappa shape index (κ2) is 7.01. The summed E-state index contributed by atoms with van der Waals surface area (Å²) in [5.41, 5.74) is 2.59. The monoisotopic (exact) mass is 274 g/mol. The lowest BCUT2D eigenvalue weighted by Crippen LogP contribution is -2.33. The van der Waals surface area contributed by atoms with Crippen molar-refractivity contribution in [1.82, 2.24) is 0 Å². The van der Waals surface area contributed by atoms with Crippen molar-refractivity contribution in [2.75, 3.05) is 23.3 Å². The van der Waals surface area contributed by atoms with Gasteiger partial charge in [-0.25, -0.2) is 0 Å². The Morgan fingerprint density at radius 2 is 1.70 bits per heavy atom. The van der Waals surface area contributed by atoms with Crippen LogP contribution in [0.5, 0.6) is 0 Å². The third-order valence-electron chi connectivity index (χ3n) is 4.81. The minimum absolute atomic E-state index is 0.637. The van der Waals surface area contributed by atoms with Gasteiger partial charge in [0.15, 0.2) is 0 Å². The second-order valence-corrected chi connectivity index (χ2v) is 6.37. The Hall–Kier alpha value is -1.18. The van der Waals surface area contributed by atoms with E-state index in [0.717, 1.165) is 24.9 Å². The number of benzene rings is 1. The highest BCUT2D eigenvalue weighted by molar-refractivity contribution is 5.55. The second-order valence-electron chi connectivity index (χ2n) is 6.37. The van der Waals surface area contributed by atoms with Gasteiger partial charge in [0.2, 0.25) is 0 Å². The molecule has 1 saturated carbocycles. The van der Waals surface area contributed by atoms with E-state index in [1.54, 1.807) is 0 Å². The van der Waals surface area contributed by atoms with E-state index < -0.39 is 0 Å². The molecule has 112 valence electrons. The van der Waals surface area contributed by atoms with Crippen LogP contribution < -0.4 is 10.2 Å². The molecule has 1 N–H and O–H groups in total. The van der Waals surface area contributed by atoms with E-state index in [1.165, 1.54) is 30.6 Å². The Kier molecular flexibility index (Phi) is 5.33. The molecule has 0 aliphatic heterocycles. The number of hydrogen-bond acceptors (Lipinski definition) is 2. The molecule has 0 bridgehead atoms. The lowest BCUT2D eigenvalue weighted by molar-refractivity contribution is 0.281. The van der Waals surface area contributed by atoms with Crippen molar-refractivity contribution in [2.24, 2.45) is 11.8 Å². The molecule has 1 aliphatic carbocycles. The van der Waals surface area contributed by atoms with Crippen LogP contribution in [0.3, 0.4) is 0 Å². The van der Waals surface area contributed by atoms with Crippen molar-refractivity contribution >= 4 is 11.4 Å². The zero-order chi connectivity index (χ0) is 14.5. The van der Waals surface area contributed by atoms with Crippen molar-refractivity contribution < 1.29 is 0 Å². The molecule has 0 spiro atoms. The van der Waals surface area contributed by atoms with E-state index in [9.17, 15) is 0 Å². The lowest BCUT2D eigenvalue weighted by Gasteiger charge is -2.34. The Morgan fingerprint density at radius 1 is 1.05 bits per heavy atom. The summed E-state index contributed by atoms with van der Waals surface area (Å²) in [6, 6.07) is 9.59. The Balaban J connectivity index is 1.99. The van der Waals surface area contributed by atoms with Gasteiger partial charge in [-0.3, -0.25) is 0 Å². The van der Waals surface area contributed by atoms with Gasteiger partial charge in [0.05, 0.1) is 0 Å². The maximum absolute atomic E-state index is 3.74. The van der Waals surface area contributed by atoms with Crippen molar-refractivity contribution in [1.29, 1.82) is 0 Å². The Morgan fingerprint density at radius 3 is 2.30 bits per heavy atom. The molecule has 2 nitrogen and oxygen atoms in total. The lowest BCUT2D eigenvalue weighted by atomic mass is 9.80. The SMILES string of the molecule is CCN(CC)c1ccc(NC2CC(C)CCC2C)cc1. The fourth-order valence-electron chi connectivity index (χ4n) is 3.30. The van der Waals surface area contributed by atoms with Gasteiger partial charge in [-0.05, 0) is 62.8 Å². The molecule has 1 fully saturated rings. The fraction of sp³-hybridized carbons (Fsp3) is 0.667. The molecule has 2 heteroatoms. The summed E-state index contributed by atoms with van der Waals surface area (Å²) in [6.45, 7) is 11.3. The Bertz CT molecular complexity index is 394. The molecule has 2 rings (SSSR count). The van der Waals surface area contributed by atoms with E-state index in [4.69, 9.17) is 0 Å². The summed E-state index contributed by atoms with van der Waals surface area (Å²) < 4.78 is 0. The topological polar surface area (TPSA) is 15.3 Å². The van der Waals surface area contributed by atoms with Crippen LogP contribution >= 0.6 is 0 Å². The van der Waals surface area contributed by atoms with E-state index in [1.807, 2.05) is 0 Å². The van der Waals surface area contributed by atoms with Gasteiger partial charge in [-0.2, -0.15) is 0 Å². The van der Waals surface area contributed by atoms with Crippen LogP contribution in [-0.2, 0) is 0 Å². The van der Waals surface area contributed by atoms with Crippen molar-refractivity contribution in [3.8, 4) is 0 Å². The largest absolute Gasteiger partial charge is 0.382 e. The highest BCUT2D eigenvalue weighted by Gasteiger charge is 2.25. The zero-order valence-corrected chi connectivity index (χ0v) is 13.5. The minimum atomic E-state index is 0.637. The van der Waals surface area contributed by atoms with Gasteiger partial charge >= 0.3 is 0 Å². The van der Waals surface area contributed by atoms with Crippen LogP contribution in [0.2, 0.25) is 0 Å². The molecule has 0 heterocycles. The normalized spacial score (nSPS) is 26.3. The maximum atomic E-state index is 3.74. The van der Waals surface area contributed by atoms with Crippen LogP contribution in [0.25, 0.3) is 0 Å². The van der Waals surface area contributed by atoms with Crippen LogP contribution in [0, 0.1) is 11.8 Å². The maximum Gasteiger partial charge on any atom is 0.0367 e. The molecule has 20 heavy (non-hydrogen) atoms. The summed E-state index contributed by atoms with van der Waals surface area (Å²) in [5.74, 6) is 1.65. The molecular weight excluding hydrogens is 244 g/mol. The number of hydrogen-bond donors (Lipinski definition) is 1. The third kappa shape index (κ3) is 3.68. The third-order valence-corrected chi connectivity index (χ3v) is 4.81. The molecule has 0 amide bonds. The zero-order valence-electron chi connectivity index (χ0n) is 13.5. The van der Waals surface area contributed by atoms with Crippen molar-refractivity contribution in [3.05, 3.63) is 24.3 Å². The van der Waals surface area contributed by atoms with E-state index in [-0.39, 0.29) is 0 Å². The van der Waals surface area contributed by atoms with Crippen LogP contribution in [0.1, 0.15) is 47.0 Å². The van der Waals surface area contributed by atoms with Crippen molar-refractivity contribution in [2.45, 2.75) is 53.0 Å². The number of nitrogens with zero attached hydrogens (tertiary/aromatic N) is 1. The molecule has 3 unspecified atom stereocenters. The molecule has 1 aromatic carbocycles. The van der Waals surface area contributed by atoms with E-state index in [2.05, 4.69) is 62.2 Å². The standard InChI is InChI=1S/C18H30N2/c1-5-20(6-2)17-11-9-16(10-12-17)19-18-13-14(3)7-8-15(18)4/h9-12,14-15,18-19H,5-8,13H2,1-4H3. The summed E-state index contributed by atoms with van der Waals surface area (Å²) in [7, 11) is 0. The molecule has 1 aliphatic rings. The summed E-state index contributed by atoms with van der Waals surface area (Å²) in [5, 5.41) is 3.74. The van der Waals surface area contributed by atoms with Crippen LogP contribution in [0.15, 0.2) is 24.3 Å². The molecule has 3 atom stereocenters. The van der Waals surface area contributed by atoms with Crippen LogP contribution in [-0.4, -0.2) is 19.1 Å². The quantitative estimate of drug-likeness (QED) is 0.832. The van der Waals surface area contributed by atoms with Gasteiger partial charge in [-0.1, -0.05) is 20.3 Å². The number of rotatable bonds is 5. The summed E-state index contributed by atoms with van der Waals surface area (Å²) >= 11 is 0. The van der Waals surface area contributed by atoms with Gasteiger partial charge < -0.3 is 10.2 Å². The van der Waals surface area contributed by atoms with E-state index >= 15 is 0 Å². The molecular formula is C18H30N2. The van der Waals surface area contributed by atoms with Gasteiger partial charge in [0.25, 0.3) is 0 Å². The molecule has 0 saturated heterocycles. The highest BCUT2D eigenvalue weighted by Crippen LogP contribution is 2.31. The molecule has 1 aromatic rings. The number of anilines is 2. The molecule has 0 radical (unpaired) electrons. The molecule has 0 aromatic heterocycles. The smallest absolute Gasteiger partial charge is 0.0367 e. The Labute approximate surface area is 124 Å². The highest BCUT2D eigenvalue weighted by atomic mass is 15.1. The fourth-order valence-corrected chi connectivity index (χ4v) is 3.30. The number of nitrogens with one attached hydrogen (secondary N) is 1. The minimum Gasteiger partial charge on any atom is -0.382 e. The summed E-state index contributed by atoms with van der Waals surface area (Å²) in [4.78, 5) is 2.38. The first-order valence-electron chi connectivity index (χ1n) is 8.25. The van der Waals surface area contributed by atoms with Crippen molar-refractivity contribution in [3.63, 3.8) is 0 Å². The van der Waals surface area contributed by atoms with Gasteiger partial charge in [0, 0.05) is 30.5 Å². The first kappa shape index (κ1) is 15.2. The van der Waals surface area contributed by atoms with Gasteiger partial charge in [0.1, 0.15) is 0 Å².